The smallest absolute Gasteiger partial charge is 0.250 e. The van der Waals surface area contributed by atoms with Crippen LogP contribution in [0.2, 0.25) is 0 Å². The molecule has 1 aromatic heterocycles. The van der Waals surface area contributed by atoms with Gasteiger partial charge in [-0.3, -0.25) is 14.4 Å². The number of pyridine rings is 1. The summed E-state index contributed by atoms with van der Waals surface area (Å²) < 4.78 is 7.29. The maximum absolute atomic E-state index is 12.7. The molecule has 2 aromatic rings. The van der Waals surface area contributed by atoms with Gasteiger partial charge in [0.05, 0.1) is 25.2 Å². The Morgan fingerprint density at radius 2 is 1.82 bits per heavy atom. The van der Waals surface area contributed by atoms with E-state index >= 15 is 0 Å². The number of rotatable bonds is 4. The normalized spacial score (nSPS) is 22.1. The summed E-state index contributed by atoms with van der Waals surface area (Å²) in [7, 11) is 0. The van der Waals surface area contributed by atoms with Crippen LogP contribution in [0.25, 0.3) is 0 Å². The highest BCUT2D eigenvalue weighted by atomic mass is 16.5. The topological polar surface area (TPSA) is 71.9 Å². The number of likely N-dealkylation sites (tertiary alicyclic amines) is 1. The van der Waals surface area contributed by atoms with Gasteiger partial charge in [0.1, 0.15) is 6.54 Å². The van der Waals surface area contributed by atoms with E-state index in [0.717, 1.165) is 5.56 Å². The Bertz CT molecular complexity index is 911. The van der Waals surface area contributed by atoms with Crippen LogP contribution in [0.4, 0.5) is 0 Å². The second-order valence-corrected chi connectivity index (χ2v) is 7.20. The fraction of sp³-hybridized carbons (Fsp3) is 0.381. The summed E-state index contributed by atoms with van der Waals surface area (Å²) in [6, 6.07) is 14.5. The Kier molecular flexibility index (Phi) is 5.25. The lowest BCUT2D eigenvalue weighted by molar-refractivity contribution is -0.135. The molecule has 4 rings (SSSR count). The average molecular weight is 381 g/mol. The summed E-state index contributed by atoms with van der Waals surface area (Å²) in [6.45, 7) is 1.72. The molecular weight excluding hydrogens is 358 g/mol. The molecule has 0 spiro atoms. The van der Waals surface area contributed by atoms with E-state index in [4.69, 9.17) is 4.74 Å². The van der Waals surface area contributed by atoms with Gasteiger partial charge in [-0.05, 0) is 11.6 Å². The number of carbonyl (C=O) groups excluding carboxylic acids is 2. The Morgan fingerprint density at radius 3 is 2.61 bits per heavy atom. The summed E-state index contributed by atoms with van der Waals surface area (Å²) in [4.78, 5) is 40.8. The van der Waals surface area contributed by atoms with E-state index in [1.165, 1.54) is 10.6 Å². The summed E-state index contributed by atoms with van der Waals surface area (Å²) in [5.74, 6) is -0.0954. The standard InChI is InChI=1S/C21H23N3O4/c25-19-8-4-5-10-22(19)15-21(27)23-13-17-18(14-23)28-11-9-20(26)24(17)12-16-6-2-1-3-7-16/h1-8,10,17-18H,9,11-15H2/t17-,18-/m0/s1. The second kappa shape index (κ2) is 7.98. The first-order chi connectivity index (χ1) is 13.6. The van der Waals surface area contributed by atoms with Gasteiger partial charge in [0.15, 0.2) is 0 Å². The molecular formula is C21H23N3O4. The maximum Gasteiger partial charge on any atom is 0.250 e. The Hall–Kier alpha value is -2.93. The Balaban J connectivity index is 1.50. The molecule has 2 fully saturated rings. The van der Waals surface area contributed by atoms with Crippen molar-refractivity contribution in [3.05, 3.63) is 70.6 Å². The molecule has 3 heterocycles. The SMILES string of the molecule is O=C(Cn1ccccc1=O)N1C[C@@H]2OCCC(=O)N(Cc3ccccc3)[C@H]2C1. The number of amides is 2. The van der Waals surface area contributed by atoms with Gasteiger partial charge in [0, 0.05) is 31.9 Å². The number of fused-ring (bicyclic) bond motifs is 1. The molecule has 0 aliphatic carbocycles. The lowest BCUT2D eigenvalue weighted by Crippen LogP contribution is -2.45. The highest BCUT2D eigenvalue weighted by molar-refractivity contribution is 5.79. The second-order valence-electron chi connectivity index (χ2n) is 7.20. The molecule has 1 aromatic carbocycles. The largest absolute Gasteiger partial charge is 0.374 e. The number of hydrogen-bond acceptors (Lipinski definition) is 4. The molecule has 28 heavy (non-hydrogen) atoms. The van der Waals surface area contributed by atoms with E-state index in [0.29, 0.717) is 32.7 Å². The Labute approximate surface area is 163 Å². The average Bonchev–Trinajstić information content (AvgIpc) is 3.07. The zero-order valence-electron chi connectivity index (χ0n) is 15.6. The molecule has 0 radical (unpaired) electrons. The molecule has 2 aliphatic rings. The van der Waals surface area contributed by atoms with E-state index in [1.807, 2.05) is 35.2 Å². The molecule has 146 valence electrons. The maximum atomic E-state index is 12.7. The van der Waals surface area contributed by atoms with Gasteiger partial charge >= 0.3 is 0 Å². The van der Waals surface area contributed by atoms with Gasteiger partial charge in [0.25, 0.3) is 5.56 Å². The lowest BCUT2D eigenvalue weighted by atomic mass is 10.1. The first-order valence-electron chi connectivity index (χ1n) is 9.50. The van der Waals surface area contributed by atoms with Crippen LogP contribution >= 0.6 is 0 Å². The van der Waals surface area contributed by atoms with Crippen molar-refractivity contribution in [1.82, 2.24) is 14.4 Å². The van der Waals surface area contributed by atoms with Crippen LogP contribution in [0.5, 0.6) is 0 Å². The van der Waals surface area contributed by atoms with Gasteiger partial charge in [0.2, 0.25) is 11.8 Å². The molecule has 0 N–H and O–H groups in total. The molecule has 2 saturated heterocycles. The van der Waals surface area contributed by atoms with Gasteiger partial charge < -0.3 is 19.1 Å². The molecule has 2 atom stereocenters. The van der Waals surface area contributed by atoms with Crippen molar-refractivity contribution in [2.75, 3.05) is 19.7 Å². The molecule has 0 unspecified atom stereocenters. The molecule has 2 aliphatic heterocycles. The quantitative estimate of drug-likeness (QED) is 0.788. The van der Waals surface area contributed by atoms with E-state index in [9.17, 15) is 14.4 Å². The summed E-state index contributed by atoms with van der Waals surface area (Å²) in [5, 5.41) is 0. The molecule has 0 bridgehead atoms. The number of carbonyl (C=O) groups is 2. The summed E-state index contributed by atoms with van der Waals surface area (Å²) in [6.07, 6.45) is 1.76. The zero-order chi connectivity index (χ0) is 19.5. The minimum absolute atomic E-state index is 0.00819. The van der Waals surface area contributed by atoms with Crippen LogP contribution in [0.3, 0.4) is 0 Å². The number of benzene rings is 1. The minimum atomic E-state index is -0.207. The van der Waals surface area contributed by atoms with Gasteiger partial charge in [-0.2, -0.15) is 0 Å². The summed E-state index contributed by atoms with van der Waals surface area (Å²) in [5.41, 5.74) is 0.846. The van der Waals surface area contributed by atoms with Crippen molar-refractivity contribution in [1.29, 1.82) is 0 Å². The van der Waals surface area contributed by atoms with Crippen LogP contribution in [-0.4, -0.2) is 58.0 Å². The molecule has 2 amide bonds. The molecule has 7 nitrogen and oxygen atoms in total. The van der Waals surface area contributed by atoms with Crippen LogP contribution in [0.1, 0.15) is 12.0 Å². The van der Waals surface area contributed by atoms with Crippen LogP contribution in [0, 0.1) is 0 Å². The monoisotopic (exact) mass is 381 g/mol. The third kappa shape index (κ3) is 3.84. The highest BCUT2D eigenvalue weighted by Crippen LogP contribution is 2.25. The number of aromatic nitrogens is 1. The van der Waals surface area contributed by atoms with Crippen molar-refractivity contribution >= 4 is 11.8 Å². The van der Waals surface area contributed by atoms with E-state index in [2.05, 4.69) is 0 Å². The van der Waals surface area contributed by atoms with Crippen LogP contribution in [0.15, 0.2) is 59.5 Å². The predicted octanol–water partition coefficient (Wildman–Crippen LogP) is 0.877. The van der Waals surface area contributed by atoms with Crippen molar-refractivity contribution in [3.63, 3.8) is 0 Å². The van der Waals surface area contributed by atoms with E-state index < -0.39 is 0 Å². The Morgan fingerprint density at radius 1 is 1.04 bits per heavy atom. The minimum Gasteiger partial charge on any atom is -0.374 e. The van der Waals surface area contributed by atoms with Gasteiger partial charge in [-0.15, -0.1) is 0 Å². The fourth-order valence-corrected chi connectivity index (χ4v) is 3.87. The van der Waals surface area contributed by atoms with Crippen molar-refractivity contribution in [2.24, 2.45) is 0 Å². The fourth-order valence-electron chi connectivity index (χ4n) is 3.87. The van der Waals surface area contributed by atoms with Crippen LogP contribution < -0.4 is 5.56 Å². The van der Waals surface area contributed by atoms with E-state index in [1.54, 1.807) is 23.2 Å². The van der Waals surface area contributed by atoms with Gasteiger partial charge in [-0.1, -0.05) is 36.4 Å². The third-order valence-corrected chi connectivity index (χ3v) is 5.36. The molecule has 7 heteroatoms. The predicted molar refractivity (Wildman–Crippen MR) is 102 cm³/mol. The number of hydrogen-bond donors (Lipinski definition) is 0. The summed E-state index contributed by atoms with van der Waals surface area (Å²) >= 11 is 0. The zero-order valence-corrected chi connectivity index (χ0v) is 15.6. The number of nitrogens with zero attached hydrogens (tertiary/aromatic N) is 3. The molecule has 0 saturated carbocycles. The third-order valence-electron chi connectivity index (χ3n) is 5.36. The van der Waals surface area contributed by atoms with Crippen molar-refractivity contribution in [2.45, 2.75) is 31.7 Å². The van der Waals surface area contributed by atoms with Crippen molar-refractivity contribution < 1.29 is 14.3 Å². The lowest BCUT2D eigenvalue weighted by Gasteiger charge is -2.29. The number of ether oxygens (including phenoxy) is 1. The van der Waals surface area contributed by atoms with Crippen LogP contribution in [-0.2, 0) is 27.4 Å². The first-order valence-corrected chi connectivity index (χ1v) is 9.50. The van der Waals surface area contributed by atoms with Gasteiger partial charge in [-0.25, -0.2) is 0 Å². The van der Waals surface area contributed by atoms with E-state index in [-0.39, 0.29) is 36.1 Å². The van der Waals surface area contributed by atoms with Crippen molar-refractivity contribution in [3.8, 4) is 0 Å². The first kappa shape index (κ1) is 18.4. The highest BCUT2D eigenvalue weighted by Gasteiger charge is 2.42.